The van der Waals surface area contributed by atoms with Gasteiger partial charge in [-0.3, -0.25) is 4.79 Å². The van der Waals surface area contributed by atoms with Crippen molar-refractivity contribution in [3.05, 3.63) is 192 Å². The van der Waals surface area contributed by atoms with Crippen LogP contribution < -0.4 is 10.6 Å². The molecule has 7 rings (SSSR count). The van der Waals surface area contributed by atoms with E-state index in [-0.39, 0.29) is 11.8 Å². The highest BCUT2D eigenvalue weighted by Gasteiger charge is 2.38. The van der Waals surface area contributed by atoms with Gasteiger partial charge in [0.2, 0.25) is 0 Å². The third-order valence-electron chi connectivity index (χ3n) is 9.91. The normalized spacial score (nSPS) is 12.0. The Morgan fingerprint density at radius 2 is 1.31 bits per heavy atom. The van der Waals surface area contributed by atoms with Crippen LogP contribution >= 0.6 is 0 Å². The number of nitrogens with zero attached hydrogens (tertiary/aromatic N) is 2. The average Bonchev–Trinajstić information content (AvgIpc) is 3.69. The average molecular weight is 713 g/mol. The third-order valence-corrected chi connectivity index (χ3v) is 9.91. The van der Waals surface area contributed by atoms with Gasteiger partial charge in [0, 0.05) is 17.4 Å². The van der Waals surface area contributed by atoms with Crippen molar-refractivity contribution >= 4 is 28.3 Å². The molecule has 1 aromatic heterocycles. The predicted molar refractivity (Wildman–Crippen MR) is 216 cm³/mol. The van der Waals surface area contributed by atoms with Crippen molar-refractivity contribution in [3.8, 4) is 11.1 Å². The highest BCUT2D eigenvalue weighted by atomic mass is 16.5. The Balaban J connectivity index is 1.25. The van der Waals surface area contributed by atoms with Crippen LogP contribution in [0.15, 0.2) is 164 Å². The molecule has 54 heavy (non-hydrogen) atoms. The van der Waals surface area contributed by atoms with Crippen molar-refractivity contribution < 1.29 is 14.3 Å². The first kappa shape index (κ1) is 35.9. The fourth-order valence-corrected chi connectivity index (χ4v) is 7.42. The number of hydrogen-bond acceptors (Lipinski definition) is 5. The number of amides is 1. The Morgan fingerprint density at radius 1 is 0.722 bits per heavy atom. The summed E-state index contributed by atoms with van der Waals surface area (Å²) in [6, 6.07) is 50.8. The Labute approximate surface area is 316 Å². The Kier molecular flexibility index (Phi) is 10.7. The van der Waals surface area contributed by atoms with Crippen molar-refractivity contribution in [3.63, 3.8) is 0 Å². The smallest absolute Gasteiger partial charge is 0.328 e. The zero-order valence-corrected chi connectivity index (χ0v) is 30.8. The summed E-state index contributed by atoms with van der Waals surface area (Å²) in [4.78, 5) is 31.6. The number of imidazole rings is 1. The molecule has 0 aliphatic heterocycles. The number of nitrogens with one attached hydrogen (secondary N) is 2. The SMILES string of the molecule is COC(=O)[C@H](CC(C)C)NC(=O)c1ccc(NCc2cn(C(c3ccccc3)(c3ccccc3)c3ccccc3)cn2)cc1-c1cccc2ccccc12. The number of esters is 1. The molecule has 6 aromatic carbocycles. The first-order valence-electron chi connectivity index (χ1n) is 18.3. The van der Waals surface area contributed by atoms with E-state index >= 15 is 0 Å². The number of rotatable bonds is 13. The molecule has 1 atom stereocenters. The monoisotopic (exact) mass is 712 g/mol. The van der Waals surface area contributed by atoms with Crippen LogP contribution in [0.3, 0.4) is 0 Å². The predicted octanol–water partition coefficient (Wildman–Crippen LogP) is 9.47. The van der Waals surface area contributed by atoms with Gasteiger partial charge < -0.3 is 19.9 Å². The van der Waals surface area contributed by atoms with Crippen LogP contribution in [0.25, 0.3) is 21.9 Å². The fourth-order valence-electron chi connectivity index (χ4n) is 7.42. The number of hydrogen-bond donors (Lipinski definition) is 2. The topological polar surface area (TPSA) is 85.2 Å². The fraction of sp³-hybridized carbons (Fsp3) is 0.170. The lowest BCUT2D eigenvalue weighted by Gasteiger charge is -2.37. The quantitative estimate of drug-likeness (QED) is 0.0920. The van der Waals surface area contributed by atoms with Crippen LogP contribution in [0.2, 0.25) is 0 Å². The lowest BCUT2D eigenvalue weighted by Crippen LogP contribution is -2.42. The second kappa shape index (κ2) is 16.0. The van der Waals surface area contributed by atoms with Crippen molar-refractivity contribution in [2.24, 2.45) is 5.92 Å². The number of carbonyl (C=O) groups is 2. The molecule has 0 saturated carbocycles. The number of fused-ring (bicyclic) bond motifs is 1. The summed E-state index contributed by atoms with van der Waals surface area (Å²) >= 11 is 0. The van der Waals surface area contributed by atoms with E-state index in [9.17, 15) is 9.59 Å². The largest absolute Gasteiger partial charge is 0.467 e. The molecule has 0 aliphatic carbocycles. The maximum atomic E-state index is 14.0. The summed E-state index contributed by atoms with van der Waals surface area (Å²) in [7, 11) is 1.35. The number of methoxy groups -OCH3 is 1. The molecule has 0 spiro atoms. The maximum absolute atomic E-state index is 14.0. The van der Waals surface area contributed by atoms with Gasteiger partial charge in [0.1, 0.15) is 11.6 Å². The minimum Gasteiger partial charge on any atom is -0.467 e. The third kappa shape index (κ3) is 7.26. The van der Waals surface area contributed by atoms with Gasteiger partial charge in [-0.1, -0.05) is 147 Å². The number of ether oxygens (including phenoxy) is 1. The molecule has 7 aromatic rings. The summed E-state index contributed by atoms with van der Waals surface area (Å²) in [5.74, 6) is -0.615. The van der Waals surface area contributed by atoms with E-state index in [1.165, 1.54) is 7.11 Å². The van der Waals surface area contributed by atoms with Crippen molar-refractivity contribution in [2.75, 3.05) is 12.4 Å². The standard InChI is InChI=1S/C47H44N4O3/c1-33(2)28-44(46(53)54-3)50-45(52)42-27-26-38(29-43(42)41-25-15-17-34-16-13-14-24-40(34)41)48-30-39-31-51(32-49-39)47(35-18-7-4-8-19-35,36-20-9-5-10-21-36)37-22-11-6-12-23-37/h4-27,29,31-33,44,48H,28,30H2,1-3H3,(H,50,52)/t44-/m0/s1. The van der Waals surface area contributed by atoms with Crippen LogP contribution in [0.5, 0.6) is 0 Å². The molecule has 1 amide bonds. The van der Waals surface area contributed by atoms with Gasteiger partial charge in [-0.25, -0.2) is 9.78 Å². The van der Waals surface area contributed by atoms with Gasteiger partial charge in [-0.15, -0.1) is 0 Å². The lowest BCUT2D eigenvalue weighted by molar-refractivity contribution is -0.143. The van der Waals surface area contributed by atoms with E-state index in [4.69, 9.17) is 9.72 Å². The first-order valence-corrected chi connectivity index (χ1v) is 18.3. The molecule has 270 valence electrons. The molecular weight excluding hydrogens is 669 g/mol. The van der Waals surface area contributed by atoms with E-state index in [0.29, 0.717) is 18.5 Å². The maximum Gasteiger partial charge on any atom is 0.328 e. The van der Waals surface area contributed by atoms with Crippen LogP contribution in [-0.4, -0.2) is 34.6 Å². The van der Waals surface area contributed by atoms with Crippen molar-refractivity contribution in [2.45, 2.75) is 38.4 Å². The molecule has 0 fully saturated rings. The van der Waals surface area contributed by atoms with E-state index in [1.807, 2.05) is 80.8 Å². The van der Waals surface area contributed by atoms with Crippen LogP contribution in [0.4, 0.5) is 5.69 Å². The van der Waals surface area contributed by atoms with Crippen molar-refractivity contribution in [1.82, 2.24) is 14.9 Å². The van der Waals surface area contributed by atoms with Gasteiger partial charge in [0.15, 0.2) is 0 Å². The lowest BCUT2D eigenvalue weighted by atomic mass is 9.77. The second-order valence-corrected chi connectivity index (χ2v) is 13.9. The van der Waals surface area contributed by atoms with E-state index in [1.54, 1.807) is 0 Å². The number of carbonyl (C=O) groups excluding carboxylic acids is 2. The Morgan fingerprint density at radius 3 is 1.93 bits per heavy atom. The molecule has 0 saturated heterocycles. The minimum atomic E-state index is -0.759. The van der Waals surface area contributed by atoms with Gasteiger partial charge in [0.05, 0.1) is 25.7 Å². The van der Waals surface area contributed by atoms with Crippen LogP contribution in [0.1, 0.15) is 53.0 Å². The van der Waals surface area contributed by atoms with Gasteiger partial charge >= 0.3 is 5.97 Å². The molecule has 1 heterocycles. The zero-order valence-electron chi connectivity index (χ0n) is 30.8. The minimum absolute atomic E-state index is 0.181. The molecule has 0 aliphatic rings. The van der Waals surface area contributed by atoms with Gasteiger partial charge in [-0.05, 0) is 69.1 Å². The molecule has 0 bridgehead atoms. The van der Waals surface area contributed by atoms with E-state index in [2.05, 4.69) is 112 Å². The Hall–Kier alpha value is -6.47. The summed E-state index contributed by atoms with van der Waals surface area (Å²) < 4.78 is 7.24. The Bertz CT molecular complexity index is 2250. The van der Waals surface area contributed by atoms with Gasteiger partial charge in [-0.2, -0.15) is 0 Å². The molecule has 2 N–H and O–H groups in total. The second-order valence-electron chi connectivity index (χ2n) is 13.9. The van der Waals surface area contributed by atoms with Crippen molar-refractivity contribution in [1.29, 1.82) is 0 Å². The summed E-state index contributed by atoms with van der Waals surface area (Å²) in [5, 5.41) is 8.63. The van der Waals surface area contributed by atoms with E-state index in [0.717, 1.165) is 50.0 Å². The zero-order chi connectivity index (χ0) is 37.5. The van der Waals surface area contributed by atoms with Crippen LogP contribution in [0, 0.1) is 5.92 Å². The first-order chi connectivity index (χ1) is 26.4. The number of aromatic nitrogens is 2. The summed E-state index contributed by atoms with van der Waals surface area (Å²) in [6.07, 6.45) is 4.48. The van der Waals surface area contributed by atoms with Crippen LogP contribution in [-0.2, 0) is 21.6 Å². The molecule has 7 heteroatoms. The molecule has 0 unspecified atom stereocenters. The number of anilines is 1. The highest BCUT2D eigenvalue weighted by Crippen LogP contribution is 2.41. The van der Waals surface area contributed by atoms with E-state index < -0.39 is 17.6 Å². The highest BCUT2D eigenvalue weighted by molar-refractivity contribution is 6.07. The van der Waals surface area contributed by atoms with Gasteiger partial charge in [0.25, 0.3) is 5.91 Å². The number of benzene rings is 6. The molecule has 7 nitrogen and oxygen atoms in total. The molecular formula is C47H44N4O3. The summed E-state index contributed by atoms with van der Waals surface area (Å²) in [5.41, 5.74) is 6.52. The summed E-state index contributed by atoms with van der Waals surface area (Å²) in [6.45, 7) is 4.47. The molecule has 0 radical (unpaired) electrons.